The number of nitrogens with one attached hydrogen (secondary N) is 1. The highest BCUT2D eigenvalue weighted by Crippen LogP contribution is 2.11. The maximum atomic E-state index is 12.1. The predicted molar refractivity (Wildman–Crippen MR) is 82.8 cm³/mol. The fraction of sp³-hybridized carbons (Fsp3) is 0.438. The van der Waals surface area contributed by atoms with Crippen LogP contribution in [-0.2, 0) is 4.79 Å². The average molecular weight is 306 g/mol. The fourth-order valence-electron chi connectivity index (χ4n) is 1.93. The van der Waals surface area contributed by atoms with Gasteiger partial charge in [0.25, 0.3) is 11.8 Å². The Morgan fingerprint density at radius 2 is 1.64 bits per heavy atom. The van der Waals surface area contributed by atoms with E-state index in [0.717, 1.165) is 0 Å². The second-order valence-corrected chi connectivity index (χ2v) is 5.45. The van der Waals surface area contributed by atoms with Crippen molar-refractivity contribution < 1.29 is 19.5 Å². The Balaban J connectivity index is 2.85. The van der Waals surface area contributed by atoms with Crippen molar-refractivity contribution in [1.82, 2.24) is 10.2 Å². The minimum atomic E-state index is -1.05. The van der Waals surface area contributed by atoms with E-state index in [0.29, 0.717) is 17.5 Å². The summed E-state index contributed by atoms with van der Waals surface area (Å²) in [4.78, 5) is 36.6. The summed E-state index contributed by atoms with van der Waals surface area (Å²) < 4.78 is 0. The van der Waals surface area contributed by atoms with E-state index in [1.54, 1.807) is 33.2 Å². The van der Waals surface area contributed by atoms with Crippen molar-refractivity contribution >= 4 is 17.8 Å². The Labute approximate surface area is 130 Å². The number of hydrogen-bond donors (Lipinski definition) is 2. The van der Waals surface area contributed by atoms with Crippen LogP contribution in [0.2, 0.25) is 0 Å². The maximum absolute atomic E-state index is 12.1. The zero-order valence-electron chi connectivity index (χ0n) is 13.3. The fourth-order valence-corrected chi connectivity index (χ4v) is 1.93. The lowest BCUT2D eigenvalue weighted by molar-refractivity contribution is -0.140. The SMILES string of the molecule is CC[C@H](C)[C@H](NC(=O)c1ccc(C(=O)N(C)C)cc1)C(=O)O. The van der Waals surface area contributed by atoms with Crippen LogP contribution in [0.3, 0.4) is 0 Å². The summed E-state index contributed by atoms with van der Waals surface area (Å²) in [6, 6.07) is 5.20. The molecule has 0 aliphatic heterocycles. The summed E-state index contributed by atoms with van der Waals surface area (Å²) in [6.07, 6.45) is 0.646. The lowest BCUT2D eigenvalue weighted by atomic mass is 9.99. The number of hydrogen-bond acceptors (Lipinski definition) is 3. The van der Waals surface area contributed by atoms with Gasteiger partial charge in [0.15, 0.2) is 0 Å². The number of benzene rings is 1. The summed E-state index contributed by atoms with van der Waals surface area (Å²) in [6.45, 7) is 3.65. The second kappa shape index (κ2) is 7.59. The van der Waals surface area contributed by atoms with Gasteiger partial charge < -0.3 is 15.3 Å². The number of nitrogens with zero attached hydrogens (tertiary/aromatic N) is 1. The summed E-state index contributed by atoms with van der Waals surface area (Å²) in [5.74, 6) is -1.84. The minimum Gasteiger partial charge on any atom is -0.480 e. The van der Waals surface area contributed by atoms with Crippen molar-refractivity contribution in [2.45, 2.75) is 26.3 Å². The van der Waals surface area contributed by atoms with Crippen LogP contribution in [0.25, 0.3) is 0 Å². The molecule has 0 spiro atoms. The molecule has 0 aromatic heterocycles. The van der Waals surface area contributed by atoms with E-state index in [-0.39, 0.29) is 11.8 Å². The van der Waals surface area contributed by atoms with Gasteiger partial charge >= 0.3 is 5.97 Å². The predicted octanol–water partition coefficient (Wildman–Crippen LogP) is 1.62. The normalized spacial score (nSPS) is 13.1. The van der Waals surface area contributed by atoms with E-state index in [1.165, 1.54) is 17.0 Å². The second-order valence-electron chi connectivity index (χ2n) is 5.45. The van der Waals surface area contributed by atoms with Crippen molar-refractivity contribution in [2.24, 2.45) is 5.92 Å². The summed E-state index contributed by atoms with van der Waals surface area (Å²) >= 11 is 0. The number of carboxylic acid groups (broad SMARTS) is 1. The third-order valence-electron chi connectivity index (χ3n) is 3.57. The molecule has 6 nitrogen and oxygen atoms in total. The number of carboxylic acids is 1. The standard InChI is InChI=1S/C16H22N2O4/c1-5-10(2)13(16(21)22)17-14(19)11-6-8-12(9-7-11)15(20)18(3)4/h6-10,13H,5H2,1-4H3,(H,17,19)(H,21,22)/t10-,13-/m0/s1. The van der Waals surface area contributed by atoms with Gasteiger partial charge in [-0.3, -0.25) is 9.59 Å². The largest absolute Gasteiger partial charge is 0.480 e. The van der Waals surface area contributed by atoms with Crippen molar-refractivity contribution in [3.63, 3.8) is 0 Å². The number of amides is 2. The number of carbonyl (C=O) groups is 3. The van der Waals surface area contributed by atoms with Crippen LogP contribution in [0, 0.1) is 5.92 Å². The maximum Gasteiger partial charge on any atom is 0.326 e. The number of aliphatic carboxylic acids is 1. The van der Waals surface area contributed by atoms with Crippen molar-refractivity contribution in [1.29, 1.82) is 0 Å². The first-order valence-corrected chi connectivity index (χ1v) is 7.13. The highest BCUT2D eigenvalue weighted by molar-refractivity contribution is 5.99. The molecule has 120 valence electrons. The first-order valence-electron chi connectivity index (χ1n) is 7.13. The highest BCUT2D eigenvalue weighted by atomic mass is 16.4. The first kappa shape index (κ1) is 17.7. The van der Waals surface area contributed by atoms with E-state index in [4.69, 9.17) is 0 Å². The molecule has 0 fully saturated rings. The van der Waals surface area contributed by atoms with Crippen molar-refractivity contribution in [3.8, 4) is 0 Å². The van der Waals surface area contributed by atoms with Gasteiger partial charge in [-0.25, -0.2) is 4.79 Å². The van der Waals surface area contributed by atoms with Crippen LogP contribution >= 0.6 is 0 Å². The zero-order chi connectivity index (χ0) is 16.9. The van der Waals surface area contributed by atoms with Crippen LogP contribution < -0.4 is 5.32 Å². The lowest BCUT2D eigenvalue weighted by Crippen LogP contribution is -2.45. The van der Waals surface area contributed by atoms with Crippen molar-refractivity contribution in [3.05, 3.63) is 35.4 Å². The Bertz CT molecular complexity index is 552. The molecule has 2 atom stereocenters. The Kier molecular flexibility index (Phi) is 6.10. The minimum absolute atomic E-state index is 0.157. The van der Waals surface area contributed by atoms with Gasteiger partial charge in [0.05, 0.1) is 0 Å². The van der Waals surface area contributed by atoms with E-state index in [9.17, 15) is 19.5 Å². The Morgan fingerprint density at radius 3 is 2.05 bits per heavy atom. The van der Waals surface area contributed by atoms with E-state index < -0.39 is 17.9 Å². The van der Waals surface area contributed by atoms with Crippen LogP contribution in [0.4, 0.5) is 0 Å². The highest BCUT2D eigenvalue weighted by Gasteiger charge is 2.25. The van der Waals surface area contributed by atoms with E-state index in [1.807, 2.05) is 6.92 Å². The third-order valence-corrected chi connectivity index (χ3v) is 3.57. The summed E-state index contributed by atoms with van der Waals surface area (Å²) in [5.41, 5.74) is 0.795. The molecule has 0 aliphatic rings. The van der Waals surface area contributed by atoms with Crippen LogP contribution in [-0.4, -0.2) is 47.9 Å². The van der Waals surface area contributed by atoms with E-state index >= 15 is 0 Å². The topological polar surface area (TPSA) is 86.7 Å². The van der Waals surface area contributed by atoms with Gasteiger partial charge in [-0.1, -0.05) is 20.3 Å². The molecule has 0 aliphatic carbocycles. The van der Waals surface area contributed by atoms with Crippen LogP contribution in [0.1, 0.15) is 41.0 Å². The molecular formula is C16H22N2O4. The zero-order valence-corrected chi connectivity index (χ0v) is 13.3. The molecule has 0 bridgehead atoms. The average Bonchev–Trinajstić information content (AvgIpc) is 2.50. The molecule has 1 aromatic rings. The van der Waals surface area contributed by atoms with Crippen molar-refractivity contribution in [2.75, 3.05) is 14.1 Å². The molecule has 0 unspecified atom stereocenters. The molecule has 2 amide bonds. The molecule has 0 saturated heterocycles. The molecule has 0 radical (unpaired) electrons. The first-order chi connectivity index (χ1) is 10.3. The monoisotopic (exact) mass is 306 g/mol. The molecule has 0 saturated carbocycles. The number of rotatable bonds is 6. The number of carbonyl (C=O) groups excluding carboxylic acids is 2. The van der Waals surface area contributed by atoms with Gasteiger partial charge in [0, 0.05) is 25.2 Å². The lowest BCUT2D eigenvalue weighted by Gasteiger charge is -2.20. The molecule has 6 heteroatoms. The van der Waals surface area contributed by atoms with Gasteiger partial charge in [-0.2, -0.15) is 0 Å². The van der Waals surface area contributed by atoms with Gasteiger partial charge in [0.2, 0.25) is 0 Å². The van der Waals surface area contributed by atoms with Gasteiger partial charge in [-0.05, 0) is 30.2 Å². The molecule has 22 heavy (non-hydrogen) atoms. The Morgan fingerprint density at radius 1 is 1.14 bits per heavy atom. The quantitative estimate of drug-likeness (QED) is 0.836. The molecular weight excluding hydrogens is 284 g/mol. The molecule has 0 heterocycles. The van der Waals surface area contributed by atoms with Gasteiger partial charge in [-0.15, -0.1) is 0 Å². The third kappa shape index (κ3) is 4.31. The summed E-state index contributed by atoms with van der Waals surface area (Å²) in [7, 11) is 3.29. The molecule has 2 N–H and O–H groups in total. The van der Waals surface area contributed by atoms with Crippen LogP contribution in [0.15, 0.2) is 24.3 Å². The summed E-state index contributed by atoms with van der Waals surface area (Å²) in [5, 5.41) is 11.7. The van der Waals surface area contributed by atoms with E-state index in [2.05, 4.69) is 5.32 Å². The van der Waals surface area contributed by atoms with Crippen LogP contribution in [0.5, 0.6) is 0 Å². The molecule has 1 aromatic carbocycles. The smallest absolute Gasteiger partial charge is 0.326 e. The van der Waals surface area contributed by atoms with Gasteiger partial charge in [0.1, 0.15) is 6.04 Å². The Hall–Kier alpha value is -2.37. The molecule has 1 rings (SSSR count).